The fourth-order valence-corrected chi connectivity index (χ4v) is 5.23. The monoisotopic (exact) mass is 373 g/mol. The molecule has 0 amide bonds. The zero-order chi connectivity index (χ0) is 18.8. The van der Waals surface area contributed by atoms with E-state index in [-0.39, 0.29) is 0 Å². The number of H-pyrrole nitrogens is 1. The summed E-state index contributed by atoms with van der Waals surface area (Å²) in [7, 11) is 0. The van der Waals surface area contributed by atoms with Crippen LogP contribution in [0.4, 0.5) is 0 Å². The Morgan fingerprint density at radius 3 is 2.04 bits per heavy atom. The van der Waals surface area contributed by atoms with Crippen molar-refractivity contribution in [2.75, 3.05) is 32.8 Å². The summed E-state index contributed by atoms with van der Waals surface area (Å²) in [5, 5.41) is 1.42. The van der Waals surface area contributed by atoms with Crippen molar-refractivity contribution < 1.29 is 0 Å². The summed E-state index contributed by atoms with van der Waals surface area (Å²) in [4.78, 5) is 8.80. The Morgan fingerprint density at radius 1 is 0.714 bits per heavy atom. The highest BCUT2D eigenvalue weighted by Gasteiger charge is 2.26. The van der Waals surface area contributed by atoms with Gasteiger partial charge in [-0.3, -0.25) is 9.80 Å². The first-order valence-corrected chi connectivity index (χ1v) is 10.9. The Morgan fingerprint density at radius 2 is 1.32 bits per heavy atom. The fraction of sp³-hybridized carbons (Fsp3) is 0.440. The molecule has 0 aliphatic carbocycles. The van der Waals surface area contributed by atoms with Gasteiger partial charge in [0.25, 0.3) is 0 Å². The lowest BCUT2D eigenvalue weighted by Gasteiger charge is -2.38. The van der Waals surface area contributed by atoms with E-state index in [1.165, 1.54) is 73.9 Å². The third kappa shape index (κ3) is 3.74. The summed E-state index contributed by atoms with van der Waals surface area (Å²) in [6.07, 6.45) is 7.41. The predicted octanol–water partition coefficient (Wildman–Crippen LogP) is 5.18. The van der Waals surface area contributed by atoms with Gasteiger partial charge in [0.15, 0.2) is 0 Å². The van der Waals surface area contributed by atoms with Gasteiger partial charge in [-0.15, -0.1) is 0 Å². The zero-order valence-corrected chi connectivity index (χ0v) is 16.7. The van der Waals surface area contributed by atoms with Crippen molar-refractivity contribution >= 4 is 10.9 Å². The van der Waals surface area contributed by atoms with Gasteiger partial charge in [-0.1, -0.05) is 48.5 Å². The molecule has 1 N–H and O–H groups in total. The van der Waals surface area contributed by atoms with Crippen LogP contribution in [0.25, 0.3) is 10.9 Å². The number of likely N-dealkylation sites (tertiary alicyclic amines) is 2. The Hall–Kier alpha value is -2.10. The van der Waals surface area contributed by atoms with Gasteiger partial charge in [0.2, 0.25) is 0 Å². The molecule has 2 aliphatic rings. The van der Waals surface area contributed by atoms with E-state index in [1.54, 1.807) is 0 Å². The predicted molar refractivity (Wildman–Crippen MR) is 117 cm³/mol. The van der Waals surface area contributed by atoms with Crippen molar-refractivity contribution in [3.05, 3.63) is 71.9 Å². The second-order valence-corrected chi connectivity index (χ2v) is 8.63. The number of para-hydroxylation sites is 1. The first-order chi connectivity index (χ1) is 13.9. The van der Waals surface area contributed by atoms with Crippen molar-refractivity contribution in [3.63, 3.8) is 0 Å². The number of rotatable bonds is 4. The molecule has 0 radical (unpaired) electrons. The van der Waals surface area contributed by atoms with Crippen molar-refractivity contribution in [1.82, 2.24) is 14.8 Å². The minimum absolute atomic E-state index is 0.705. The Balaban J connectivity index is 1.12. The number of aromatic nitrogens is 1. The van der Waals surface area contributed by atoms with Crippen molar-refractivity contribution in [2.24, 2.45) is 0 Å². The van der Waals surface area contributed by atoms with Crippen LogP contribution >= 0.6 is 0 Å². The topological polar surface area (TPSA) is 22.3 Å². The minimum Gasteiger partial charge on any atom is -0.361 e. The van der Waals surface area contributed by atoms with E-state index in [1.807, 2.05) is 0 Å². The number of hydrogen-bond donors (Lipinski definition) is 1. The van der Waals surface area contributed by atoms with Crippen LogP contribution in [-0.2, 0) is 0 Å². The number of aromatic amines is 1. The molecule has 3 heteroatoms. The van der Waals surface area contributed by atoms with Crippen molar-refractivity contribution in [2.45, 2.75) is 37.5 Å². The highest BCUT2D eigenvalue weighted by molar-refractivity contribution is 5.83. The van der Waals surface area contributed by atoms with Crippen molar-refractivity contribution in [1.29, 1.82) is 0 Å². The van der Waals surface area contributed by atoms with Gasteiger partial charge in [0, 0.05) is 17.1 Å². The summed E-state index contributed by atoms with van der Waals surface area (Å²) in [5.74, 6) is 1.46. The van der Waals surface area contributed by atoms with Gasteiger partial charge in [-0.2, -0.15) is 0 Å². The van der Waals surface area contributed by atoms with E-state index in [4.69, 9.17) is 0 Å². The number of nitrogens with zero attached hydrogens (tertiary/aromatic N) is 2. The Labute approximate surface area is 168 Å². The van der Waals surface area contributed by atoms with E-state index in [0.717, 1.165) is 12.6 Å². The molecule has 146 valence electrons. The molecule has 0 saturated carbocycles. The summed E-state index contributed by atoms with van der Waals surface area (Å²) in [5.41, 5.74) is 4.34. The van der Waals surface area contributed by atoms with Crippen LogP contribution in [0.5, 0.6) is 0 Å². The summed E-state index contributed by atoms with van der Waals surface area (Å²) in [6.45, 7) is 6.08. The van der Waals surface area contributed by atoms with E-state index < -0.39 is 0 Å². The molecule has 28 heavy (non-hydrogen) atoms. The van der Waals surface area contributed by atoms with Crippen LogP contribution < -0.4 is 0 Å². The SMILES string of the molecule is c1ccc(C2CCN(CN3CCC(c4c[nH]c5ccccc45)CC3)CC2)cc1. The minimum atomic E-state index is 0.705. The molecule has 1 aromatic heterocycles. The molecule has 0 spiro atoms. The first-order valence-electron chi connectivity index (χ1n) is 10.9. The molecule has 0 bridgehead atoms. The lowest BCUT2D eigenvalue weighted by Crippen LogP contribution is -2.44. The summed E-state index contributed by atoms with van der Waals surface area (Å²) >= 11 is 0. The average Bonchev–Trinajstić information content (AvgIpc) is 3.20. The average molecular weight is 374 g/mol. The molecular formula is C25H31N3. The van der Waals surface area contributed by atoms with Crippen LogP contribution in [-0.4, -0.2) is 47.6 Å². The van der Waals surface area contributed by atoms with E-state index in [0.29, 0.717) is 5.92 Å². The second kappa shape index (κ2) is 8.10. The van der Waals surface area contributed by atoms with Gasteiger partial charge >= 0.3 is 0 Å². The summed E-state index contributed by atoms with van der Waals surface area (Å²) in [6, 6.07) is 19.8. The number of fused-ring (bicyclic) bond motifs is 1. The molecule has 3 nitrogen and oxygen atoms in total. The van der Waals surface area contributed by atoms with Crippen LogP contribution in [0.1, 0.15) is 48.6 Å². The highest BCUT2D eigenvalue weighted by atomic mass is 15.3. The third-order valence-electron chi connectivity index (χ3n) is 6.91. The third-order valence-corrected chi connectivity index (χ3v) is 6.91. The standard InChI is InChI=1S/C25H31N3/c1-2-6-20(7-3-1)21-10-14-27(15-11-21)19-28-16-12-22(13-17-28)24-18-26-25-9-5-4-8-23(24)25/h1-9,18,21-22,26H,10-17,19H2. The van der Waals surface area contributed by atoms with Gasteiger partial charge < -0.3 is 4.98 Å². The first kappa shape index (κ1) is 18.0. The molecule has 0 unspecified atom stereocenters. The van der Waals surface area contributed by atoms with Crippen molar-refractivity contribution in [3.8, 4) is 0 Å². The quantitative estimate of drug-likeness (QED) is 0.680. The zero-order valence-electron chi connectivity index (χ0n) is 16.7. The van der Waals surface area contributed by atoms with E-state index in [2.05, 4.69) is 75.6 Å². The van der Waals surface area contributed by atoms with Gasteiger partial charge in [-0.05, 0) is 80.9 Å². The van der Waals surface area contributed by atoms with Crippen LogP contribution in [0.2, 0.25) is 0 Å². The highest BCUT2D eigenvalue weighted by Crippen LogP contribution is 2.33. The summed E-state index contributed by atoms with van der Waals surface area (Å²) < 4.78 is 0. The normalized spacial score (nSPS) is 20.7. The molecule has 2 saturated heterocycles. The number of nitrogens with one attached hydrogen (secondary N) is 1. The number of benzene rings is 2. The smallest absolute Gasteiger partial charge is 0.0506 e. The van der Waals surface area contributed by atoms with Gasteiger partial charge in [0.05, 0.1) is 6.67 Å². The molecule has 3 heterocycles. The van der Waals surface area contributed by atoms with Gasteiger partial charge in [-0.25, -0.2) is 0 Å². The molecule has 2 aromatic carbocycles. The maximum absolute atomic E-state index is 3.46. The number of hydrogen-bond acceptors (Lipinski definition) is 2. The van der Waals surface area contributed by atoms with Crippen LogP contribution in [0.15, 0.2) is 60.8 Å². The molecule has 3 aromatic rings. The molecule has 0 atom stereocenters. The largest absolute Gasteiger partial charge is 0.361 e. The molecular weight excluding hydrogens is 342 g/mol. The Bertz CT molecular complexity index is 884. The molecule has 5 rings (SSSR count). The number of piperidine rings is 2. The maximum atomic E-state index is 3.46. The second-order valence-electron chi connectivity index (χ2n) is 8.63. The van der Waals surface area contributed by atoms with Crippen LogP contribution in [0.3, 0.4) is 0 Å². The van der Waals surface area contributed by atoms with E-state index in [9.17, 15) is 0 Å². The Kier molecular flexibility index (Phi) is 5.20. The van der Waals surface area contributed by atoms with E-state index >= 15 is 0 Å². The molecule has 2 fully saturated rings. The van der Waals surface area contributed by atoms with Crippen LogP contribution in [0, 0.1) is 0 Å². The molecule has 2 aliphatic heterocycles. The fourth-order valence-electron chi connectivity index (χ4n) is 5.23. The lowest BCUT2D eigenvalue weighted by atomic mass is 9.89. The lowest BCUT2D eigenvalue weighted by molar-refractivity contribution is 0.0880. The maximum Gasteiger partial charge on any atom is 0.0506 e. The van der Waals surface area contributed by atoms with Gasteiger partial charge in [0.1, 0.15) is 0 Å².